The third kappa shape index (κ3) is 5.16. The van der Waals surface area contributed by atoms with E-state index in [4.69, 9.17) is 4.74 Å². The van der Waals surface area contributed by atoms with Gasteiger partial charge in [-0.05, 0) is 41.3 Å². The molecule has 6 heteroatoms. The lowest BCUT2D eigenvalue weighted by Gasteiger charge is -2.22. The highest BCUT2D eigenvalue weighted by Gasteiger charge is 2.20. The van der Waals surface area contributed by atoms with Gasteiger partial charge in [-0.2, -0.15) is 0 Å². The summed E-state index contributed by atoms with van der Waals surface area (Å²) in [7, 11) is 0. The van der Waals surface area contributed by atoms with Crippen molar-refractivity contribution in [3.8, 4) is 5.75 Å². The number of ether oxygens (including phenoxy) is 1. The Hall–Kier alpha value is -3.51. The highest BCUT2D eigenvalue weighted by Crippen LogP contribution is 2.25. The summed E-state index contributed by atoms with van der Waals surface area (Å²) < 4.78 is 32.3. The first-order chi connectivity index (χ1) is 15.1. The van der Waals surface area contributed by atoms with E-state index in [1.54, 1.807) is 16.3 Å². The molecule has 3 aromatic carbocycles. The van der Waals surface area contributed by atoms with Crippen LogP contribution in [0.25, 0.3) is 0 Å². The Labute approximate surface area is 183 Å². The second-order valence-electron chi connectivity index (χ2n) is 6.90. The number of hydrogen-bond donors (Lipinski definition) is 0. The van der Waals surface area contributed by atoms with Crippen molar-refractivity contribution in [1.29, 1.82) is 0 Å². The van der Waals surface area contributed by atoms with Crippen molar-refractivity contribution in [1.82, 2.24) is 0 Å². The molecule has 0 aliphatic rings. The first-order valence-corrected chi connectivity index (χ1v) is 10.5. The molecule has 31 heavy (non-hydrogen) atoms. The molecule has 0 N–H and O–H groups in total. The minimum Gasteiger partial charge on any atom is -0.486 e. The maximum Gasteiger partial charge on any atom is 0.268 e. The molecule has 0 saturated heterocycles. The summed E-state index contributed by atoms with van der Waals surface area (Å²) >= 11 is 1.31. The number of carbonyl (C=O) groups excluding carboxylic acids is 1. The van der Waals surface area contributed by atoms with E-state index in [-0.39, 0.29) is 18.3 Å². The summed E-state index contributed by atoms with van der Waals surface area (Å²) in [5.41, 5.74) is 2.56. The Bertz CT molecular complexity index is 1160. The number of amides is 1. The van der Waals surface area contributed by atoms with Crippen LogP contribution >= 0.6 is 11.3 Å². The average Bonchev–Trinajstić information content (AvgIpc) is 3.27. The van der Waals surface area contributed by atoms with Crippen LogP contribution in [0, 0.1) is 11.6 Å². The standard InChI is InChI=1S/C25H19F2NO2S/c26-20-11-12-23(22(27)14-20)30-16-19-13-24(31-17-19)25(29)28(21-9-5-2-6-10-21)15-18-7-3-1-4-8-18/h1-14,17H,15-16H2. The van der Waals surface area contributed by atoms with Crippen LogP contribution in [0.3, 0.4) is 0 Å². The molecule has 3 nitrogen and oxygen atoms in total. The van der Waals surface area contributed by atoms with E-state index < -0.39 is 11.6 Å². The zero-order valence-electron chi connectivity index (χ0n) is 16.5. The number of para-hydroxylation sites is 1. The lowest BCUT2D eigenvalue weighted by Crippen LogP contribution is -2.29. The van der Waals surface area contributed by atoms with Crippen LogP contribution in [0.15, 0.2) is 90.3 Å². The van der Waals surface area contributed by atoms with E-state index in [0.29, 0.717) is 11.4 Å². The number of anilines is 1. The van der Waals surface area contributed by atoms with Crippen LogP contribution in [-0.4, -0.2) is 5.91 Å². The highest BCUT2D eigenvalue weighted by atomic mass is 32.1. The molecule has 0 atom stereocenters. The molecule has 1 heterocycles. The maximum absolute atomic E-state index is 13.8. The Kier molecular flexibility index (Phi) is 6.38. The van der Waals surface area contributed by atoms with Crippen molar-refractivity contribution >= 4 is 22.9 Å². The SMILES string of the molecule is O=C(c1cc(COc2ccc(F)cc2F)cs1)N(Cc1ccccc1)c1ccccc1. The lowest BCUT2D eigenvalue weighted by molar-refractivity contribution is 0.0989. The van der Waals surface area contributed by atoms with Crippen LogP contribution in [0.1, 0.15) is 20.8 Å². The number of hydrogen-bond acceptors (Lipinski definition) is 3. The zero-order valence-corrected chi connectivity index (χ0v) is 17.3. The number of nitrogens with zero attached hydrogens (tertiary/aromatic N) is 1. The number of benzene rings is 3. The molecule has 156 valence electrons. The van der Waals surface area contributed by atoms with Crippen LogP contribution in [0.2, 0.25) is 0 Å². The van der Waals surface area contributed by atoms with Gasteiger partial charge in [-0.3, -0.25) is 4.79 Å². The third-order valence-corrected chi connectivity index (χ3v) is 5.62. The Morgan fingerprint density at radius 2 is 1.58 bits per heavy atom. The minimum absolute atomic E-state index is 0.0320. The topological polar surface area (TPSA) is 29.5 Å². The van der Waals surface area contributed by atoms with Crippen LogP contribution in [0.4, 0.5) is 14.5 Å². The Morgan fingerprint density at radius 3 is 2.29 bits per heavy atom. The first-order valence-electron chi connectivity index (χ1n) is 9.66. The van der Waals surface area contributed by atoms with Crippen LogP contribution < -0.4 is 9.64 Å². The lowest BCUT2D eigenvalue weighted by atomic mass is 10.2. The number of halogens is 2. The molecule has 0 saturated carbocycles. The Morgan fingerprint density at radius 1 is 0.871 bits per heavy atom. The van der Waals surface area contributed by atoms with Gasteiger partial charge in [0, 0.05) is 17.3 Å². The van der Waals surface area contributed by atoms with Gasteiger partial charge in [0.2, 0.25) is 0 Å². The molecule has 0 aliphatic heterocycles. The van der Waals surface area contributed by atoms with E-state index >= 15 is 0 Å². The second-order valence-corrected chi connectivity index (χ2v) is 7.81. The van der Waals surface area contributed by atoms with Gasteiger partial charge in [-0.15, -0.1) is 11.3 Å². The van der Waals surface area contributed by atoms with Gasteiger partial charge in [0.1, 0.15) is 12.4 Å². The fourth-order valence-electron chi connectivity index (χ4n) is 3.10. The second kappa shape index (κ2) is 9.53. The molecule has 1 aromatic heterocycles. The van der Waals surface area contributed by atoms with Gasteiger partial charge in [0.05, 0.1) is 11.4 Å². The molecule has 1 amide bonds. The fraction of sp³-hybridized carbons (Fsp3) is 0.0800. The normalized spacial score (nSPS) is 10.6. The predicted molar refractivity (Wildman–Crippen MR) is 118 cm³/mol. The van der Waals surface area contributed by atoms with Crippen molar-refractivity contribution in [2.45, 2.75) is 13.2 Å². The molecular weight excluding hydrogens is 416 g/mol. The van der Waals surface area contributed by atoms with Crippen molar-refractivity contribution in [3.63, 3.8) is 0 Å². The summed E-state index contributed by atoms with van der Waals surface area (Å²) in [6.45, 7) is 0.518. The van der Waals surface area contributed by atoms with Gasteiger partial charge in [-0.1, -0.05) is 48.5 Å². The summed E-state index contributed by atoms with van der Waals surface area (Å²) in [5.74, 6) is -1.58. The van der Waals surface area contributed by atoms with E-state index in [1.807, 2.05) is 60.7 Å². The largest absolute Gasteiger partial charge is 0.486 e. The van der Waals surface area contributed by atoms with Crippen molar-refractivity contribution < 1.29 is 18.3 Å². The first kappa shape index (κ1) is 20.8. The molecular formula is C25H19F2NO2S. The molecule has 0 fully saturated rings. The van der Waals surface area contributed by atoms with Crippen molar-refractivity contribution in [3.05, 3.63) is 118 Å². The number of carbonyl (C=O) groups is 1. The molecule has 0 aliphatic carbocycles. The fourth-order valence-corrected chi connectivity index (χ4v) is 3.95. The van der Waals surface area contributed by atoms with E-state index in [9.17, 15) is 13.6 Å². The van der Waals surface area contributed by atoms with Crippen molar-refractivity contribution in [2.75, 3.05) is 4.90 Å². The van der Waals surface area contributed by atoms with Crippen molar-refractivity contribution in [2.24, 2.45) is 0 Å². The summed E-state index contributed by atoms with van der Waals surface area (Å²) in [6, 6.07) is 24.2. The van der Waals surface area contributed by atoms with Gasteiger partial charge < -0.3 is 9.64 Å². The van der Waals surface area contributed by atoms with Crippen LogP contribution in [0.5, 0.6) is 5.75 Å². The average molecular weight is 435 g/mol. The van der Waals surface area contributed by atoms with E-state index in [1.165, 1.54) is 17.4 Å². The number of thiophene rings is 1. The quantitative estimate of drug-likeness (QED) is 0.334. The van der Waals surface area contributed by atoms with Gasteiger partial charge in [0.15, 0.2) is 11.6 Å². The predicted octanol–water partition coefficient (Wildman–Crippen LogP) is 6.45. The summed E-state index contributed by atoms with van der Waals surface area (Å²) in [6.07, 6.45) is 0. The number of rotatable bonds is 7. The van der Waals surface area contributed by atoms with E-state index in [0.717, 1.165) is 28.9 Å². The maximum atomic E-state index is 13.8. The van der Waals surface area contributed by atoms with E-state index in [2.05, 4.69) is 0 Å². The molecule has 4 rings (SSSR count). The molecule has 4 aromatic rings. The highest BCUT2D eigenvalue weighted by molar-refractivity contribution is 7.12. The smallest absolute Gasteiger partial charge is 0.268 e. The molecule has 0 bridgehead atoms. The van der Waals surface area contributed by atoms with Crippen LogP contribution in [-0.2, 0) is 13.2 Å². The summed E-state index contributed by atoms with van der Waals surface area (Å²) in [4.78, 5) is 15.6. The molecule has 0 spiro atoms. The zero-order chi connectivity index (χ0) is 21.6. The third-order valence-electron chi connectivity index (χ3n) is 4.65. The monoisotopic (exact) mass is 435 g/mol. The van der Waals surface area contributed by atoms with Gasteiger partial charge in [-0.25, -0.2) is 8.78 Å². The minimum atomic E-state index is -0.760. The van der Waals surface area contributed by atoms with Gasteiger partial charge >= 0.3 is 0 Å². The molecule has 0 radical (unpaired) electrons. The Balaban J connectivity index is 1.51. The molecule has 0 unspecified atom stereocenters. The van der Waals surface area contributed by atoms with Gasteiger partial charge in [0.25, 0.3) is 5.91 Å². The summed E-state index contributed by atoms with van der Waals surface area (Å²) in [5, 5.41) is 1.81.